The Morgan fingerprint density at radius 2 is 1.96 bits per heavy atom. The van der Waals surface area contributed by atoms with Gasteiger partial charge in [0.2, 0.25) is 0 Å². The molecule has 0 radical (unpaired) electrons. The Morgan fingerprint density at radius 3 is 2.63 bits per heavy atom. The molecule has 0 heterocycles. The number of hydrogen-bond donors (Lipinski definition) is 1. The lowest BCUT2D eigenvalue weighted by molar-refractivity contribution is -0.383. The van der Waals surface area contributed by atoms with Crippen molar-refractivity contribution in [1.82, 2.24) is 0 Å². The van der Waals surface area contributed by atoms with Gasteiger partial charge in [0.05, 0.1) is 18.5 Å². The van der Waals surface area contributed by atoms with Crippen LogP contribution in [0.4, 0.5) is 11.4 Å². The van der Waals surface area contributed by atoms with E-state index >= 15 is 0 Å². The van der Waals surface area contributed by atoms with Crippen molar-refractivity contribution in [3.8, 4) is 5.75 Å². The SMILES string of the molecule is COc1ccc(Cl)cc1CC(=O)O[C@H](C)C(=O)Nc1ccccc1[N+](=O)[O-]. The molecular weight excluding hydrogens is 376 g/mol. The third-order valence-corrected chi connectivity index (χ3v) is 3.85. The van der Waals surface area contributed by atoms with Gasteiger partial charge in [-0.05, 0) is 31.2 Å². The Balaban J connectivity index is 2.01. The van der Waals surface area contributed by atoms with E-state index in [0.29, 0.717) is 16.3 Å². The van der Waals surface area contributed by atoms with Crippen LogP contribution in [0.5, 0.6) is 5.75 Å². The standard InChI is InChI=1S/C18H17ClN2O6/c1-11(18(23)20-14-5-3-4-6-15(14)21(24)25)27-17(22)10-12-9-13(19)7-8-16(12)26-2/h3-9,11H,10H2,1-2H3,(H,20,23)/t11-/m1/s1. The number of nitrogens with zero attached hydrogens (tertiary/aromatic N) is 1. The number of amides is 1. The topological polar surface area (TPSA) is 108 Å². The van der Waals surface area contributed by atoms with E-state index < -0.39 is 22.9 Å². The number of esters is 1. The number of rotatable bonds is 7. The first-order valence-corrected chi connectivity index (χ1v) is 8.25. The molecule has 0 aromatic heterocycles. The van der Waals surface area contributed by atoms with Crippen LogP contribution in [0.3, 0.4) is 0 Å². The van der Waals surface area contributed by atoms with Crippen LogP contribution < -0.4 is 10.1 Å². The minimum Gasteiger partial charge on any atom is -0.496 e. The van der Waals surface area contributed by atoms with E-state index in [1.165, 1.54) is 32.2 Å². The Bertz CT molecular complexity index is 871. The van der Waals surface area contributed by atoms with E-state index in [2.05, 4.69) is 5.32 Å². The first kappa shape index (κ1) is 20.2. The highest BCUT2D eigenvalue weighted by Gasteiger charge is 2.22. The maximum atomic E-state index is 12.2. The molecule has 0 fully saturated rings. The minimum atomic E-state index is -1.15. The average Bonchev–Trinajstić information content (AvgIpc) is 2.62. The summed E-state index contributed by atoms with van der Waals surface area (Å²) in [6.07, 6.45) is -1.30. The summed E-state index contributed by atoms with van der Waals surface area (Å²) in [5, 5.41) is 13.8. The van der Waals surface area contributed by atoms with Crippen LogP contribution in [0.2, 0.25) is 5.02 Å². The summed E-state index contributed by atoms with van der Waals surface area (Å²) in [5.74, 6) is -0.884. The normalized spacial score (nSPS) is 11.4. The summed E-state index contributed by atoms with van der Waals surface area (Å²) in [6, 6.07) is 10.5. The minimum absolute atomic E-state index is 0.0203. The second kappa shape index (κ2) is 9.00. The zero-order valence-electron chi connectivity index (χ0n) is 14.6. The zero-order valence-corrected chi connectivity index (χ0v) is 15.4. The van der Waals surface area contributed by atoms with Gasteiger partial charge in [-0.25, -0.2) is 0 Å². The molecule has 9 heteroatoms. The van der Waals surface area contributed by atoms with Crippen LogP contribution in [0.25, 0.3) is 0 Å². The molecule has 0 aliphatic heterocycles. The highest BCUT2D eigenvalue weighted by molar-refractivity contribution is 6.30. The second-order valence-corrected chi connectivity index (χ2v) is 5.96. The molecule has 2 aromatic carbocycles. The van der Waals surface area contributed by atoms with Crippen molar-refractivity contribution in [1.29, 1.82) is 0 Å². The molecule has 0 spiro atoms. The van der Waals surface area contributed by atoms with Crippen molar-refractivity contribution >= 4 is 34.9 Å². The fourth-order valence-electron chi connectivity index (χ4n) is 2.31. The van der Waals surface area contributed by atoms with E-state index in [4.69, 9.17) is 21.1 Å². The highest BCUT2D eigenvalue weighted by atomic mass is 35.5. The molecule has 142 valence electrons. The number of methoxy groups -OCH3 is 1. The van der Waals surface area contributed by atoms with Crippen LogP contribution in [-0.4, -0.2) is 30.0 Å². The van der Waals surface area contributed by atoms with Gasteiger partial charge in [0.25, 0.3) is 11.6 Å². The number of nitro groups is 1. The van der Waals surface area contributed by atoms with Gasteiger partial charge in [0.15, 0.2) is 6.10 Å². The summed E-state index contributed by atoms with van der Waals surface area (Å²) < 4.78 is 10.3. The van der Waals surface area contributed by atoms with E-state index in [9.17, 15) is 19.7 Å². The first-order valence-electron chi connectivity index (χ1n) is 7.88. The summed E-state index contributed by atoms with van der Waals surface area (Å²) >= 11 is 5.92. The smallest absolute Gasteiger partial charge is 0.311 e. The largest absolute Gasteiger partial charge is 0.496 e. The van der Waals surface area contributed by atoms with Gasteiger partial charge in [-0.15, -0.1) is 0 Å². The lowest BCUT2D eigenvalue weighted by Crippen LogP contribution is -2.30. The van der Waals surface area contributed by atoms with E-state index in [0.717, 1.165) is 0 Å². The van der Waals surface area contributed by atoms with Crippen molar-refractivity contribution < 1.29 is 24.0 Å². The lowest BCUT2D eigenvalue weighted by Gasteiger charge is -2.14. The second-order valence-electron chi connectivity index (χ2n) is 5.53. The van der Waals surface area contributed by atoms with Crippen molar-refractivity contribution in [3.63, 3.8) is 0 Å². The van der Waals surface area contributed by atoms with Crippen LogP contribution in [0.1, 0.15) is 12.5 Å². The molecule has 0 saturated heterocycles. The summed E-state index contributed by atoms with van der Waals surface area (Å²) in [5.41, 5.74) is 0.279. The molecule has 8 nitrogen and oxygen atoms in total. The molecule has 0 aliphatic rings. The van der Waals surface area contributed by atoms with Gasteiger partial charge in [0.1, 0.15) is 11.4 Å². The number of nitrogens with one attached hydrogen (secondary N) is 1. The number of carbonyl (C=O) groups excluding carboxylic acids is 2. The maximum Gasteiger partial charge on any atom is 0.311 e. The van der Waals surface area contributed by atoms with Gasteiger partial charge < -0.3 is 14.8 Å². The molecule has 2 rings (SSSR count). The van der Waals surface area contributed by atoms with Crippen LogP contribution in [0, 0.1) is 10.1 Å². The van der Waals surface area contributed by atoms with Crippen molar-refractivity contribution in [2.45, 2.75) is 19.4 Å². The quantitative estimate of drug-likeness (QED) is 0.439. The predicted molar refractivity (Wildman–Crippen MR) is 99.0 cm³/mol. The Morgan fingerprint density at radius 1 is 1.26 bits per heavy atom. The van der Waals surface area contributed by atoms with Crippen LogP contribution in [0.15, 0.2) is 42.5 Å². The number of halogens is 1. The summed E-state index contributed by atoms with van der Waals surface area (Å²) in [6.45, 7) is 1.37. The summed E-state index contributed by atoms with van der Waals surface area (Å²) in [4.78, 5) is 34.7. The highest BCUT2D eigenvalue weighted by Crippen LogP contribution is 2.25. The fourth-order valence-corrected chi connectivity index (χ4v) is 2.50. The molecule has 2 aromatic rings. The summed E-state index contributed by atoms with van der Waals surface area (Å²) in [7, 11) is 1.46. The molecule has 1 amide bonds. The third kappa shape index (κ3) is 5.42. The molecule has 0 unspecified atom stereocenters. The number of carbonyl (C=O) groups is 2. The first-order chi connectivity index (χ1) is 12.8. The fraction of sp³-hybridized carbons (Fsp3) is 0.222. The van der Waals surface area contributed by atoms with Gasteiger partial charge in [-0.1, -0.05) is 23.7 Å². The van der Waals surface area contributed by atoms with E-state index in [-0.39, 0.29) is 17.8 Å². The van der Waals surface area contributed by atoms with Crippen molar-refractivity contribution in [3.05, 3.63) is 63.2 Å². The van der Waals surface area contributed by atoms with E-state index in [1.807, 2.05) is 0 Å². The number of ether oxygens (including phenoxy) is 2. The lowest BCUT2D eigenvalue weighted by atomic mass is 10.1. The number of para-hydroxylation sites is 2. The molecule has 27 heavy (non-hydrogen) atoms. The van der Waals surface area contributed by atoms with Gasteiger partial charge in [-0.2, -0.15) is 0 Å². The molecular formula is C18H17ClN2O6. The van der Waals surface area contributed by atoms with Crippen molar-refractivity contribution in [2.24, 2.45) is 0 Å². The maximum absolute atomic E-state index is 12.2. The number of hydrogen-bond acceptors (Lipinski definition) is 6. The molecule has 0 bridgehead atoms. The molecule has 1 N–H and O–H groups in total. The molecule has 1 atom stereocenters. The molecule has 0 saturated carbocycles. The predicted octanol–water partition coefficient (Wildman–Crippen LogP) is 3.37. The Labute approximate surface area is 160 Å². The van der Waals surface area contributed by atoms with Gasteiger partial charge >= 0.3 is 5.97 Å². The van der Waals surface area contributed by atoms with Crippen LogP contribution in [-0.2, 0) is 20.7 Å². The van der Waals surface area contributed by atoms with E-state index in [1.54, 1.807) is 24.3 Å². The number of benzene rings is 2. The number of anilines is 1. The third-order valence-electron chi connectivity index (χ3n) is 3.61. The molecule has 0 aliphatic carbocycles. The Hall–Kier alpha value is -3.13. The number of nitro benzene ring substituents is 1. The van der Waals surface area contributed by atoms with Gasteiger partial charge in [0, 0.05) is 16.7 Å². The van der Waals surface area contributed by atoms with Crippen LogP contribution >= 0.6 is 11.6 Å². The zero-order chi connectivity index (χ0) is 20.0. The monoisotopic (exact) mass is 392 g/mol. The Kier molecular flexibility index (Phi) is 6.73. The average molecular weight is 393 g/mol. The van der Waals surface area contributed by atoms with Crippen molar-refractivity contribution in [2.75, 3.05) is 12.4 Å². The van der Waals surface area contributed by atoms with Gasteiger partial charge in [-0.3, -0.25) is 19.7 Å².